The van der Waals surface area contributed by atoms with Crippen LogP contribution >= 0.6 is 0 Å². The second-order valence-electron chi connectivity index (χ2n) is 9.75. The van der Waals surface area contributed by atoms with E-state index in [-0.39, 0.29) is 42.7 Å². The minimum absolute atomic E-state index is 0.00487. The third-order valence-corrected chi connectivity index (χ3v) is 7.44. The highest BCUT2D eigenvalue weighted by atomic mass is 16.5. The average Bonchev–Trinajstić information content (AvgIpc) is 3.48. The molecule has 0 bridgehead atoms. The van der Waals surface area contributed by atoms with Crippen LogP contribution in [0.3, 0.4) is 0 Å². The Morgan fingerprint density at radius 2 is 1.74 bits per heavy atom. The van der Waals surface area contributed by atoms with Crippen molar-refractivity contribution in [1.82, 2.24) is 9.80 Å². The predicted molar refractivity (Wildman–Crippen MR) is 129 cm³/mol. The monoisotopic (exact) mass is 460 g/mol. The summed E-state index contributed by atoms with van der Waals surface area (Å²) in [5.41, 5.74) is 1.72. The summed E-state index contributed by atoms with van der Waals surface area (Å²) in [5, 5.41) is 0. The third kappa shape index (κ3) is 4.27. The average molecular weight is 461 g/mol. The lowest BCUT2D eigenvalue weighted by atomic mass is 9.75. The molecule has 5 rings (SSSR count). The summed E-state index contributed by atoms with van der Waals surface area (Å²) in [6.07, 6.45) is 3.78. The number of benzene rings is 2. The van der Waals surface area contributed by atoms with E-state index in [9.17, 15) is 14.4 Å². The minimum Gasteiger partial charge on any atom is -0.376 e. The maximum Gasteiger partial charge on any atom is 0.241 e. The molecule has 0 spiro atoms. The lowest BCUT2D eigenvalue weighted by molar-refractivity contribution is -0.143. The van der Waals surface area contributed by atoms with Gasteiger partial charge in [0.2, 0.25) is 17.7 Å². The van der Waals surface area contributed by atoms with E-state index < -0.39 is 5.41 Å². The van der Waals surface area contributed by atoms with Crippen molar-refractivity contribution in [1.29, 1.82) is 0 Å². The van der Waals surface area contributed by atoms with E-state index in [1.54, 1.807) is 4.90 Å². The molecular weight excluding hydrogens is 428 g/mol. The van der Waals surface area contributed by atoms with E-state index >= 15 is 0 Å². The van der Waals surface area contributed by atoms with Crippen LogP contribution in [0.4, 0.5) is 0 Å². The van der Waals surface area contributed by atoms with Crippen LogP contribution in [0.15, 0.2) is 54.6 Å². The summed E-state index contributed by atoms with van der Waals surface area (Å²) in [7, 11) is 0. The number of imide groups is 1. The number of carbonyl (C=O) groups excluding carboxylic acids is 3. The van der Waals surface area contributed by atoms with Crippen LogP contribution in [0.5, 0.6) is 0 Å². The Morgan fingerprint density at radius 1 is 1.03 bits per heavy atom. The van der Waals surface area contributed by atoms with Crippen LogP contribution in [-0.4, -0.2) is 59.4 Å². The number of nitrogens with zero attached hydrogens (tertiary/aromatic N) is 2. The molecular formula is C28H32N2O4. The van der Waals surface area contributed by atoms with E-state index in [4.69, 9.17) is 4.74 Å². The maximum absolute atomic E-state index is 13.8. The largest absolute Gasteiger partial charge is 0.376 e. The molecule has 34 heavy (non-hydrogen) atoms. The molecule has 6 heteroatoms. The molecule has 6 nitrogen and oxygen atoms in total. The van der Waals surface area contributed by atoms with Gasteiger partial charge < -0.3 is 9.64 Å². The first kappa shape index (κ1) is 22.8. The Labute approximate surface area is 200 Å². The first-order chi connectivity index (χ1) is 16.5. The van der Waals surface area contributed by atoms with Crippen molar-refractivity contribution in [2.45, 2.75) is 63.0 Å². The molecule has 2 aromatic carbocycles. The van der Waals surface area contributed by atoms with Crippen molar-refractivity contribution in [2.24, 2.45) is 0 Å². The maximum atomic E-state index is 13.8. The summed E-state index contributed by atoms with van der Waals surface area (Å²) < 4.78 is 5.74. The fraction of sp³-hybridized carbons (Fsp3) is 0.464. The molecule has 1 aliphatic carbocycles. The lowest BCUT2D eigenvalue weighted by Crippen LogP contribution is -2.45. The number of likely N-dealkylation sites (tertiary alicyclic amines) is 1. The normalized spacial score (nSPS) is 24.6. The Hall–Kier alpha value is -2.99. The Kier molecular flexibility index (Phi) is 6.26. The van der Waals surface area contributed by atoms with Gasteiger partial charge in [-0.25, -0.2) is 0 Å². The van der Waals surface area contributed by atoms with Crippen molar-refractivity contribution < 1.29 is 19.1 Å². The summed E-state index contributed by atoms with van der Waals surface area (Å²) in [5.74, 6) is -0.465. The molecule has 3 amide bonds. The zero-order valence-corrected chi connectivity index (χ0v) is 19.7. The van der Waals surface area contributed by atoms with Crippen LogP contribution < -0.4 is 0 Å². The zero-order chi connectivity index (χ0) is 23.7. The van der Waals surface area contributed by atoms with Crippen molar-refractivity contribution >= 4 is 17.7 Å². The van der Waals surface area contributed by atoms with Gasteiger partial charge in [0.05, 0.1) is 11.5 Å². The highest BCUT2D eigenvalue weighted by Crippen LogP contribution is 2.45. The van der Waals surface area contributed by atoms with Gasteiger partial charge >= 0.3 is 0 Å². The second-order valence-corrected chi connectivity index (χ2v) is 9.75. The van der Waals surface area contributed by atoms with E-state index in [0.717, 1.165) is 49.0 Å². The highest BCUT2D eigenvalue weighted by molar-refractivity contribution is 6.11. The third-order valence-electron chi connectivity index (χ3n) is 7.44. The molecule has 0 unspecified atom stereocenters. The van der Waals surface area contributed by atoms with Crippen LogP contribution in [-0.2, 0) is 24.5 Å². The zero-order valence-electron chi connectivity index (χ0n) is 19.7. The number of hydrogen-bond donors (Lipinski definition) is 0. The molecule has 0 N–H and O–H groups in total. The highest BCUT2D eigenvalue weighted by Gasteiger charge is 2.57. The molecule has 2 aromatic rings. The summed E-state index contributed by atoms with van der Waals surface area (Å²) in [6, 6.07) is 17.8. The quantitative estimate of drug-likeness (QED) is 0.560. The summed E-state index contributed by atoms with van der Waals surface area (Å²) in [4.78, 5) is 43.5. The van der Waals surface area contributed by atoms with Gasteiger partial charge in [0.15, 0.2) is 0 Å². The molecule has 2 aliphatic heterocycles. The SMILES string of the molecule is CCN(C[C@@H]1CCCO1)C(=O)C[C@]1(c2ccc(-c3ccccc3)cc2)CC(=O)N(C2CC2)C1=O. The van der Waals surface area contributed by atoms with Gasteiger partial charge in [0, 0.05) is 38.6 Å². The van der Waals surface area contributed by atoms with Crippen molar-refractivity contribution in [3.8, 4) is 11.1 Å². The van der Waals surface area contributed by atoms with Gasteiger partial charge in [-0.15, -0.1) is 0 Å². The predicted octanol–water partition coefficient (Wildman–Crippen LogP) is 3.93. The number of rotatable bonds is 8. The standard InChI is InChI=1S/C28H32N2O4/c1-2-29(19-24-9-6-16-34-24)25(31)17-28(18-26(32)30(27(28)33)23-14-15-23)22-12-10-21(11-13-22)20-7-4-3-5-8-20/h3-5,7-8,10-13,23-24H,2,6,9,14-19H2,1H3/t24-,28+/m0/s1. The summed E-state index contributed by atoms with van der Waals surface area (Å²) in [6.45, 7) is 3.77. The molecule has 3 fully saturated rings. The van der Waals surface area contributed by atoms with E-state index in [0.29, 0.717) is 13.1 Å². The van der Waals surface area contributed by atoms with Gasteiger partial charge in [0.25, 0.3) is 0 Å². The van der Waals surface area contributed by atoms with Gasteiger partial charge in [-0.2, -0.15) is 0 Å². The summed E-state index contributed by atoms with van der Waals surface area (Å²) >= 11 is 0. The number of carbonyl (C=O) groups is 3. The van der Waals surface area contributed by atoms with Crippen LogP contribution in [0.25, 0.3) is 11.1 Å². The Balaban J connectivity index is 1.45. The van der Waals surface area contributed by atoms with E-state index in [1.807, 2.05) is 61.5 Å². The van der Waals surface area contributed by atoms with Gasteiger partial charge in [-0.3, -0.25) is 19.3 Å². The minimum atomic E-state index is -1.14. The van der Waals surface area contributed by atoms with Crippen LogP contribution in [0.2, 0.25) is 0 Å². The molecule has 2 atom stereocenters. The van der Waals surface area contributed by atoms with Gasteiger partial charge in [-0.05, 0) is 49.3 Å². The number of ether oxygens (including phenoxy) is 1. The van der Waals surface area contributed by atoms with Crippen molar-refractivity contribution in [3.63, 3.8) is 0 Å². The molecule has 2 saturated heterocycles. The fourth-order valence-electron chi connectivity index (χ4n) is 5.35. The van der Waals surface area contributed by atoms with Crippen LogP contribution in [0.1, 0.15) is 51.0 Å². The van der Waals surface area contributed by atoms with Crippen molar-refractivity contribution in [3.05, 3.63) is 60.2 Å². The van der Waals surface area contributed by atoms with Crippen molar-refractivity contribution in [2.75, 3.05) is 19.7 Å². The Morgan fingerprint density at radius 3 is 2.35 bits per heavy atom. The molecule has 1 saturated carbocycles. The Bertz CT molecular complexity index is 1060. The first-order valence-electron chi connectivity index (χ1n) is 12.4. The molecule has 0 aromatic heterocycles. The molecule has 3 aliphatic rings. The van der Waals surface area contributed by atoms with E-state index in [2.05, 4.69) is 0 Å². The van der Waals surface area contributed by atoms with Gasteiger partial charge in [0.1, 0.15) is 0 Å². The fourth-order valence-corrected chi connectivity index (χ4v) is 5.35. The first-order valence-corrected chi connectivity index (χ1v) is 12.4. The lowest BCUT2D eigenvalue weighted by Gasteiger charge is -2.31. The van der Waals surface area contributed by atoms with Crippen LogP contribution in [0, 0.1) is 0 Å². The second kappa shape index (κ2) is 9.34. The van der Waals surface area contributed by atoms with E-state index in [1.165, 1.54) is 4.90 Å². The molecule has 178 valence electrons. The number of likely N-dealkylation sites (N-methyl/N-ethyl adjacent to an activating group) is 1. The topological polar surface area (TPSA) is 66.9 Å². The number of amides is 3. The molecule has 0 radical (unpaired) electrons. The number of hydrogen-bond acceptors (Lipinski definition) is 4. The molecule has 2 heterocycles. The van der Waals surface area contributed by atoms with Gasteiger partial charge in [-0.1, -0.05) is 54.6 Å². The smallest absolute Gasteiger partial charge is 0.241 e.